The zero-order valence-corrected chi connectivity index (χ0v) is 23.4. The number of esters is 1. The monoisotopic (exact) mass is 557 g/mol. The summed E-state index contributed by atoms with van der Waals surface area (Å²) in [5, 5.41) is 2.76. The fourth-order valence-corrected chi connectivity index (χ4v) is 5.13. The van der Waals surface area contributed by atoms with Crippen LogP contribution in [0.15, 0.2) is 73.0 Å². The number of hydrogen-bond donors (Lipinski definition) is 0. The lowest BCUT2D eigenvalue weighted by Crippen LogP contribution is -2.33. The zero-order valence-electron chi connectivity index (χ0n) is 23.4. The number of fused-ring (bicyclic) bond motifs is 4. The summed E-state index contributed by atoms with van der Waals surface area (Å²) in [6.45, 7) is 4.70. The van der Waals surface area contributed by atoms with E-state index in [0.717, 1.165) is 10.8 Å². The van der Waals surface area contributed by atoms with Crippen molar-refractivity contribution in [1.82, 2.24) is 0 Å². The maximum atomic E-state index is 14.5. The van der Waals surface area contributed by atoms with E-state index in [4.69, 9.17) is 23.0 Å². The van der Waals surface area contributed by atoms with E-state index >= 15 is 0 Å². The topological polar surface area (TPSA) is 108 Å². The van der Waals surface area contributed by atoms with E-state index in [-0.39, 0.29) is 23.2 Å². The van der Waals surface area contributed by atoms with Crippen LogP contribution in [-0.2, 0) is 20.7 Å². The summed E-state index contributed by atoms with van der Waals surface area (Å²) in [6.07, 6.45) is -0.0281. The van der Waals surface area contributed by atoms with E-state index < -0.39 is 11.6 Å². The molecule has 212 valence electrons. The minimum atomic E-state index is -0.546. The van der Waals surface area contributed by atoms with Crippen molar-refractivity contribution in [3.8, 4) is 5.75 Å². The Bertz CT molecular complexity index is 1860. The van der Waals surface area contributed by atoms with Gasteiger partial charge in [-0.15, -0.1) is 0 Å². The second kappa shape index (κ2) is 12.0. The van der Waals surface area contributed by atoms with Crippen LogP contribution in [-0.4, -0.2) is 46.5 Å². The highest BCUT2D eigenvalue weighted by molar-refractivity contribution is 6.06. The molecule has 0 N–H and O–H groups in total. The summed E-state index contributed by atoms with van der Waals surface area (Å²) >= 11 is 0. The van der Waals surface area contributed by atoms with Crippen molar-refractivity contribution in [3.05, 3.63) is 91.9 Å². The summed E-state index contributed by atoms with van der Waals surface area (Å²) < 4.78 is 28.4. The molecule has 0 fully saturated rings. The molecule has 0 bridgehead atoms. The average Bonchev–Trinajstić information content (AvgIpc) is 2.95. The molecular weight excluding hydrogens is 526 g/mol. The predicted octanol–water partition coefficient (Wildman–Crippen LogP) is 4.98. The van der Waals surface area contributed by atoms with Gasteiger partial charge >= 0.3 is 11.6 Å². The number of benzene rings is 3. The lowest BCUT2D eigenvalue weighted by atomic mass is 9.97. The molecule has 0 radical (unpaired) electrons. The Morgan fingerprint density at radius 2 is 1.61 bits per heavy atom. The van der Waals surface area contributed by atoms with Crippen LogP contribution in [0.5, 0.6) is 5.75 Å². The molecule has 9 nitrogen and oxygen atoms in total. The molecule has 2 aromatic heterocycles. The standard InChI is InChI=1S/C32H31NO8/c1-19-17-28(35)41-31-22(19)10-12-26(39-20(2)34)24(31)18-25-30(36)29-23-8-6-5-7-21(23)9-11-27(29)40-32(25)33(13-15-37-3)14-16-38-4/h5-12,17H,13-16,18H2,1-4H3. The number of carbonyl (C=O) groups is 1. The average molecular weight is 558 g/mol. The highest BCUT2D eigenvalue weighted by Gasteiger charge is 2.25. The van der Waals surface area contributed by atoms with Gasteiger partial charge in [0.25, 0.3) is 0 Å². The maximum absolute atomic E-state index is 14.5. The Labute approximate surface area is 235 Å². The van der Waals surface area contributed by atoms with Crippen LogP contribution >= 0.6 is 0 Å². The molecule has 0 saturated carbocycles. The van der Waals surface area contributed by atoms with Gasteiger partial charge in [0.05, 0.1) is 24.2 Å². The number of rotatable bonds is 10. The molecule has 0 amide bonds. The van der Waals surface area contributed by atoms with Gasteiger partial charge in [-0.3, -0.25) is 9.59 Å². The second-order valence-electron chi connectivity index (χ2n) is 9.79. The third kappa shape index (κ3) is 5.59. The molecule has 2 heterocycles. The quantitative estimate of drug-likeness (QED) is 0.102. The van der Waals surface area contributed by atoms with Gasteiger partial charge in [0.15, 0.2) is 5.43 Å². The Morgan fingerprint density at radius 1 is 0.878 bits per heavy atom. The zero-order chi connectivity index (χ0) is 29.1. The van der Waals surface area contributed by atoms with Gasteiger partial charge in [0.1, 0.15) is 16.9 Å². The second-order valence-corrected chi connectivity index (χ2v) is 9.79. The highest BCUT2D eigenvalue weighted by Crippen LogP contribution is 2.35. The molecule has 0 spiro atoms. The first-order valence-corrected chi connectivity index (χ1v) is 13.3. The Hall–Kier alpha value is -4.47. The Balaban J connectivity index is 1.84. The largest absolute Gasteiger partial charge is 0.440 e. The molecule has 0 unspecified atom stereocenters. The maximum Gasteiger partial charge on any atom is 0.336 e. The van der Waals surface area contributed by atoms with Gasteiger partial charge in [-0.25, -0.2) is 4.79 Å². The van der Waals surface area contributed by atoms with Gasteiger partial charge in [0, 0.05) is 57.7 Å². The molecule has 0 aliphatic heterocycles. The van der Waals surface area contributed by atoms with Gasteiger partial charge in [-0.1, -0.05) is 30.3 Å². The van der Waals surface area contributed by atoms with E-state index in [0.29, 0.717) is 65.2 Å². The van der Waals surface area contributed by atoms with Gasteiger partial charge in [-0.05, 0) is 41.5 Å². The first kappa shape index (κ1) is 28.1. The molecule has 0 saturated heterocycles. The number of nitrogens with zero attached hydrogens (tertiary/aromatic N) is 1. The SMILES string of the molecule is COCCN(CCOC)c1oc2ccc3ccccc3c2c(=O)c1Cc1c(OC(C)=O)ccc2c(C)cc(=O)oc12. The highest BCUT2D eigenvalue weighted by atomic mass is 16.5. The first-order valence-electron chi connectivity index (χ1n) is 13.3. The fourth-order valence-electron chi connectivity index (χ4n) is 5.13. The summed E-state index contributed by atoms with van der Waals surface area (Å²) in [7, 11) is 3.20. The smallest absolute Gasteiger partial charge is 0.336 e. The minimum absolute atomic E-state index is 0.0281. The first-order chi connectivity index (χ1) is 19.8. The van der Waals surface area contributed by atoms with Gasteiger partial charge in [0.2, 0.25) is 5.88 Å². The van der Waals surface area contributed by atoms with Gasteiger partial charge < -0.3 is 27.9 Å². The molecule has 0 atom stereocenters. The van der Waals surface area contributed by atoms with Crippen molar-refractivity contribution < 1.29 is 27.8 Å². The molecule has 0 aliphatic rings. The van der Waals surface area contributed by atoms with Crippen molar-refractivity contribution in [1.29, 1.82) is 0 Å². The molecule has 0 aliphatic carbocycles. The summed E-state index contributed by atoms with van der Waals surface area (Å²) in [6, 6.07) is 16.1. The molecule has 3 aromatic carbocycles. The van der Waals surface area contributed by atoms with E-state index in [2.05, 4.69) is 0 Å². The van der Waals surface area contributed by atoms with Crippen LogP contribution < -0.4 is 20.7 Å². The van der Waals surface area contributed by atoms with Crippen LogP contribution in [0, 0.1) is 6.92 Å². The molecular formula is C32H31NO8. The van der Waals surface area contributed by atoms with Crippen LogP contribution in [0.2, 0.25) is 0 Å². The normalized spacial score (nSPS) is 11.4. The van der Waals surface area contributed by atoms with E-state index in [1.165, 1.54) is 13.0 Å². The molecule has 9 heteroatoms. The van der Waals surface area contributed by atoms with Crippen molar-refractivity contribution in [2.75, 3.05) is 45.4 Å². The number of methoxy groups -OCH3 is 2. The van der Waals surface area contributed by atoms with Crippen LogP contribution in [0.25, 0.3) is 32.7 Å². The van der Waals surface area contributed by atoms with Crippen LogP contribution in [0.1, 0.15) is 23.6 Å². The predicted molar refractivity (Wildman–Crippen MR) is 157 cm³/mol. The third-order valence-electron chi connectivity index (χ3n) is 7.06. The summed E-state index contributed by atoms with van der Waals surface area (Å²) in [5.74, 6) is -0.00529. The fraction of sp³-hybridized carbons (Fsp3) is 0.281. The van der Waals surface area contributed by atoms with E-state index in [1.54, 1.807) is 39.3 Å². The Morgan fingerprint density at radius 3 is 2.32 bits per heavy atom. The Kier molecular flexibility index (Phi) is 8.19. The lowest BCUT2D eigenvalue weighted by molar-refractivity contribution is -0.131. The number of anilines is 1. The van der Waals surface area contributed by atoms with Crippen LogP contribution in [0.3, 0.4) is 0 Å². The van der Waals surface area contributed by atoms with Gasteiger partial charge in [-0.2, -0.15) is 0 Å². The minimum Gasteiger partial charge on any atom is -0.440 e. The lowest BCUT2D eigenvalue weighted by Gasteiger charge is -2.25. The number of carbonyl (C=O) groups excluding carboxylic acids is 1. The van der Waals surface area contributed by atoms with E-state index in [9.17, 15) is 14.4 Å². The molecule has 5 rings (SSSR count). The molecule has 41 heavy (non-hydrogen) atoms. The number of hydrogen-bond acceptors (Lipinski definition) is 9. The van der Waals surface area contributed by atoms with Crippen molar-refractivity contribution in [3.63, 3.8) is 0 Å². The molecule has 5 aromatic rings. The number of aryl methyl sites for hydroxylation is 1. The van der Waals surface area contributed by atoms with Crippen LogP contribution in [0.4, 0.5) is 5.88 Å². The van der Waals surface area contributed by atoms with Crippen molar-refractivity contribution in [2.24, 2.45) is 0 Å². The van der Waals surface area contributed by atoms with Crippen molar-refractivity contribution >= 4 is 44.6 Å². The summed E-state index contributed by atoms with van der Waals surface area (Å²) in [5.41, 5.74) is 1.32. The summed E-state index contributed by atoms with van der Waals surface area (Å²) in [4.78, 5) is 40.9. The third-order valence-corrected chi connectivity index (χ3v) is 7.06. The van der Waals surface area contributed by atoms with E-state index in [1.807, 2.05) is 35.2 Å². The number of ether oxygens (including phenoxy) is 3. The van der Waals surface area contributed by atoms with Crippen molar-refractivity contribution in [2.45, 2.75) is 20.3 Å².